The highest BCUT2D eigenvalue weighted by atomic mass is 32.1. The summed E-state index contributed by atoms with van der Waals surface area (Å²) in [5.41, 5.74) is 6.10. The maximum absolute atomic E-state index is 6.08. The van der Waals surface area contributed by atoms with Gasteiger partial charge in [0.25, 0.3) is 0 Å². The van der Waals surface area contributed by atoms with Crippen molar-refractivity contribution in [3.8, 4) is 0 Å². The van der Waals surface area contributed by atoms with E-state index in [4.69, 9.17) is 5.73 Å². The lowest BCUT2D eigenvalue weighted by atomic mass is 9.88. The van der Waals surface area contributed by atoms with Gasteiger partial charge in [0.15, 0.2) is 0 Å². The average Bonchev–Trinajstić information content (AvgIpc) is 2.58. The van der Waals surface area contributed by atoms with Crippen LogP contribution in [0.2, 0.25) is 0 Å². The lowest BCUT2D eigenvalue weighted by Gasteiger charge is -2.24. The molecule has 0 amide bonds. The summed E-state index contributed by atoms with van der Waals surface area (Å²) in [5, 5.41) is 12.9. The number of hydrogen-bond donors (Lipinski definition) is 1. The summed E-state index contributed by atoms with van der Waals surface area (Å²) in [6.07, 6.45) is 1.59. The minimum Gasteiger partial charge on any atom is -0.321 e. The predicted octanol–water partition coefficient (Wildman–Crippen LogP) is 1.23. The highest BCUT2D eigenvalue weighted by molar-refractivity contribution is 7.16. The van der Waals surface area contributed by atoms with Gasteiger partial charge in [0.1, 0.15) is 11.3 Å². The predicted molar refractivity (Wildman–Crippen MR) is 55.0 cm³/mol. The van der Waals surface area contributed by atoms with Gasteiger partial charge in [-0.25, -0.2) is 0 Å². The highest BCUT2D eigenvalue weighted by Crippen LogP contribution is 2.32. The van der Waals surface area contributed by atoms with Crippen molar-refractivity contribution in [2.24, 2.45) is 11.1 Å². The van der Waals surface area contributed by atoms with Crippen molar-refractivity contribution in [3.05, 3.63) is 11.3 Å². The fraction of sp³-hybridized carbons (Fsp3) is 0.625. The Morgan fingerprint density at radius 3 is 2.79 bits per heavy atom. The molecule has 1 atom stereocenters. The summed E-state index contributed by atoms with van der Waals surface area (Å²) in [6.45, 7) is 6.29. The molecule has 1 unspecified atom stereocenters. The number of aromatic nitrogens is 4. The first-order valence-corrected chi connectivity index (χ1v) is 5.22. The van der Waals surface area contributed by atoms with Gasteiger partial charge in [-0.15, -0.1) is 10.2 Å². The van der Waals surface area contributed by atoms with Gasteiger partial charge in [0.2, 0.25) is 4.96 Å². The lowest BCUT2D eigenvalue weighted by Crippen LogP contribution is -2.26. The zero-order chi connectivity index (χ0) is 10.3. The first-order chi connectivity index (χ1) is 6.48. The summed E-state index contributed by atoms with van der Waals surface area (Å²) < 4.78 is 1.66. The summed E-state index contributed by atoms with van der Waals surface area (Å²) in [5.74, 6) is 0. The third kappa shape index (κ3) is 1.51. The van der Waals surface area contributed by atoms with Gasteiger partial charge < -0.3 is 5.73 Å². The van der Waals surface area contributed by atoms with Crippen LogP contribution in [0.5, 0.6) is 0 Å². The quantitative estimate of drug-likeness (QED) is 0.770. The van der Waals surface area contributed by atoms with Crippen LogP contribution in [0.3, 0.4) is 0 Å². The van der Waals surface area contributed by atoms with Crippen LogP contribution in [0, 0.1) is 5.41 Å². The van der Waals surface area contributed by atoms with Gasteiger partial charge >= 0.3 is 0 Å². The van der Waals surface area contributed by atoms with Crippen LogP contribution in [0.4, 0.5) is 0 Å². The fourth-order valence-electron chi connectivity index (χ4n) is 1.07. The van der Waals surface area contributed by atoms with Crippen LogP contribution in [0.1, 0.15) is 31.8 Å². The molecule has 0 radical (unpaired) electrons. The van der Waals surface area contributed by atoms with E-state index in [2.05, 4.69) is 36.1 Å². The van der Waals surface area contributed by atoms with E-state index in [0.29, 0.717) is 0 Å². The van der Waals surface area contributed by atoms with E-state index in [1.165, 1.54) is 11.3 Å². The van der Waals surface area contributed by atoms with Crippen molar-refractivity contribution in [3.63, 3.8) is 0 Å². The third-order valence-corrected chi connectivity index (χ3v) is 3.10. The van der Waals surface area contributed by atoms with Gasteiger partial charge in [-0.1, -0.05) is 32.1 Å². The molecule has 0 aliphatic heterocycles. The summed E-state index contributed by atoms with van der Waals surface area (Å²) in [7, 11) is 0. The molecule has 0 spiro atoms. The van der Waals surface area contributed by atoms with E-state index in [1.807, 2.05) is 0 Å². The number of hydrogen-bond acceptors (Lipinski definition) is 5. The Hall–Kier alpha value is -1.01. The van der Waals surface area contributed by atoms with E-state index in [9.17, 15) is 0 Å². The monoisotopic (exact) mass is 211 g/mol. The van der Waals surface area contributed by atoms with E-state index in [0.717, 1.165) is 9.97 Å². The minimum atomic E-state index is -0.0609. The van der Waals surface area contributed by atoms with Gasteiger partial charge in [-0.2, -0.15) is 9.61 Å². The molecular weight excluding hydrogens is 198 g/mol. The zero-order valence-corrected chi connectivity index (χ0v) is 9.25. The smallest absolute Gasteiger partial charge is 0.234 e. The summed E-state index contributed by atoms with van der Waals surface area (Å²) in [4.78, 5) is 0.791. The Bertz CT molecular complexity index is 409. The molecular formula is C8H13N5S. The second-order valence-electron chi connectivity index (χ2n) is 4.34. The van der Waals surface area contributed by atoms with Crippen LogP contribution in [-0.2, 0) is 0 Å². The molecule has 0 saturated carbocycles. The maximum Gasteiger partial charge on any atom is 0.234 e. The summed E-state index contributed by atoms with van der Waals surface area (Å²) >= 11 is 1.49. The topological polar surface area (TPSA) is 69.1 Å². The van der Waals surface area contributed by atoms with Crippen molar-refractivity contribution < 1.29 is 0 Å². The second kappa shape index (κ2) is 2.99. The van der Waals surface area contributed by atoms with Gasteiger partial charge in [-0.3, -0.25) is 0 Å². The summed E-state index contributed by atoms with van der Waals surface area (Å²) in [6, 6.07) is -0.0609. The number of nitrogens with zero attached hydrogens (tertiary/aromatic N) is 4. The molecule has 0 aliphatic rings. The molecule has 6 heteroatoms. The molecule has 0 fully saturated rings. The fourth-order valence-corrected chi connectivity index (χ4v) is 2.14. The molecule has 0 aliphatic carbocycles. The Morgan fingerprint density at radius 2 is 2.21 bits per heavy atom. The van der Waals surface area contributed by atoms with Crippen LogP contribution >= 0.6 is 11.3 Å². The van der Waals surface area contributed by atoms with Gasteiger partial charge in [0.05, 0.1) is 6.04 Å². The Morgan fingerprint density at radius 1 is 1.50 bits per heavy atom. The van der Waals surface area contributed by atoms with E-state index in [-0.39, 0.29) is 11.5 Å². The molecule has 2 heterocycles. The molecule has 0 bridgehead atoms. The van der Waals surface area contributed by atoms with Crippen LogP contribution in [0.25, 0.3) is 4.96 Å². The Kier molecular flexibility index (Phi) is 2.04. The number of fused-ring (bicyclic) bond motifs is 1. The SMILES string of the molecule is CC(C)(C)C(N)c1nn2cnnc2s1. The van der Waals surface area contributed by atoms with Crippen LogP contribution in [0.15, 0.2) is 6.33 Å². The van der Waals surface area contributed by atoms with Crippen molar-refractivity contribution in [2.75, 3.05) is 0 Å². The molecule has 0 aromatic carbocycles. The second-order valence-corrected chi connectivity index (χ2v) is 5.33. The minimum absolute atomic E-state index is 0.0172. The average molecular weight is 211 g/mol. The Balaban J connectivity index is 2.40. The molecule has 5 nitrogen and oxygen atoms in total. The number of nitrogens with two attached hydrogens (primary N) is 1. The first kappa shape index (κ1) is 9.54. The van der Waals surface area contributed by atoms with Crippen LogP contribution < -0.4 is 5.73 Å². The Labute approximate surface area is 86.0 Å². The van der Waals surface area contributed by atoms with E-state index >= 15 is 0 Å². The molecule has 14 heavy (non-hydrogen) atoms. The molecule has 2 aromatic rings. The maximum atomic E-state index is 6.08. The molecule has 2 aromatic heterocycles. The molecule has 0 saturated heterocycles. The van der Waals surface area contributed by atoms with Crippen molar-refractivity contribution in [1.29, 1.82) is 0 Å². The largest absolute Gasteiger partial charge is 0.321 e. The van der Waals surface area contributed by atoms with Crippen LogP contribution in [-0.4, -0.2) is 19.8 Å². The lowest BCUT2D eigenvalue weighted by molar-refractivity contribution is 0.324. The van der Waals surface area contributed by atoms with Crippen molar-refractivity contribution in [2.45, 2.75) is 26.8 Å². The first-order valence-electron chi connectivity index (χ1n) is 4.41. The highest BCUT2D eigenvalue weighted by Gasteiger charge is 2.25. The van der Waals surface area contributed by atoms with E-state index < -0.39 is 0 Å². The third-order valence-electron chi connectivity index (χ3n) is 2.10. The van der Waals surface area contributed by atoms with E-state index in [1.54, 1.807) is 10.8 Å². The van der Waals surface area contributed by atoms with Crippen molar-refractivity contribution in [1.82, 2.24) is 19.8 Å². The normalized spacial score (nSPS) is 14.9. The molecule has 2 N–H and O–H groups in total. The van der Waals surface area contributed by atoms with Gasteiger partial charge in [0, 0.05) is 0 Å². The van der Waals surface area contributed by atoms with Crippen molar-refractivity contribution >= 4 is 16.3 Å². The zero-order valence-electron chi connectivity index (χ0n) is 8.43. The standard InChI is InChI=1S/C8H13N5S/c1-8(2,3)5(9)6-12-13-4-10-11-7(13)14-6/h4-5H,9H2,1-3H3. The van der Waals surface area contributed by atoms with Gasteiger partial charge in [-0.05, 0) is 5.41 Å². The molecule has 76 valence electrons. The number of rotatable bonds is 1. The molecule has 2 rings (SSSR count).